The van der Waals surface area contributed by atoms with Crippen LogP contribution in [0.4, 0.5) is 13.2 Å². The van der Waals surface area contributed by atoms with Crippen LogP contribution in [0.15, 0.2) is 6.20 Å². The number of carbonyl (C=O) groups excluding carboxylic acids is 1. The molecule has 102 valence electrons. The van der Waals surface area contributed by atoms with Gasteiger partial charge in [-0.15, -0.1) is 0 Å². The molecule has 1 rings (SSSR count). The molecule has 0 radical (unpaired) electrons. The molecule has 4 nitrogen and oxygen atoms in total. The van der Waals surface area contributed by atoms with Crippen LogP contribution in [0.2, 0.25) is 5.02 Å². The molecular weight excluding hydrogens is 271 g/mol. The fourth-order valence-corrected chi connectivity index (χ4v) is 1.67. The van der Waals surface area contributed by atoms with E-state index in [1.54, 1.807) is 0 Å². The average molecular weight is 284 g/mol. The highest BCUT2D eigenvalue weighted by Gasteiger charge is 2.27. The van der Waals surface area contributed by atoms with Crippen LogP contribution in [0.5, 0.6) is 0 Å². The maximum atomic E-state index is 11.9. The maximum absolute atomic E-state index is 11.9. The number of carbonyl (C=O) groups is 1. The summed E-state index contributed by atoms with van der Waals surface area (Å²) >= 11 is 5.79. The normalized spacial score (nSPS) is 11.8. The molecule has 0 unspecified atom stereocenters. The first kappa shape index (κ1) is 15.0. The van der Waals surface area contributed by atoms with Crippen molar-refractivity contribution in [2.45, 2.75) is 26.1 Å². The predicted molar refractivity (Wildman–Crippen MR) is 60.8 cm³/mol. The Labute approximate surface area is 107 Å². The average Bonchev–Trinajstić information content (AvgIpc) is 2.58. The van der Waals surface area contributed by atoms with E-state index in [0.717, 1.165) is 6.42 Å². The number of ketones is 1. The molecule has 0 saturated heterocycles. The van der Waals surface area contributed by atoms with Crippen LogP contribution in [0.25, 0.3) is 0 Å². The minimum Gasteiger partial charge on any atom is -0.301 e. The Kier molecular flexibility index (Phi) is 5.15. The van der Waals surface area contributed by atoms with Crippen molar-refractivity contribution < 1.29 is 18.0 Å². The lowest BCUT2D eigenvalue weighted by atomic mass is 10.2. The fraction of sp³-hybridized carbons (Fsp3) is 0.600. The molecule has 0 aromatic carbocycles. The molecule has 1 aromatic heterocycles. The van der Waals surface area contributed by atoms with Crippen molar-refractivity contribution >= 4 is 17.4 Å². The van der Waals surface area contributed by atoms with Crippen molar-refractivity contribution in [1.29, 1.82) is 0 Å². The van der Waals surface area contributed by atoms with Gasteiger partial charge in [-0.2, -0.15) is 18.3 Å². The number of nitrogens with one attached hydrogen (secondary N) is 1. The second-order valence-electron chi connectivity index (χ2n) is 3.71. The number of alkyl halides is 3. The summed E-state index contributed by atoms with van der Waals surface area (Å²) in [7, 11) is 0. The molecule has 18 heavy (non-hydrogen) atoms. The Morgan fingerprint density at radius 1 is 1.56 bits per heavy atom. The Bertz CT molecular complexity index is 417. The van der Waals surface area contributed by atoms with Gasteiger partial charge in [0.15, 0.2) is 5.78 Å². The van der Waals surface area contributed by atoms with Gasteiger partial charge < -0.3 is 5.32 Å². The minimum absolute atomic E-state index is 0.146. The molecule has 1 aromatic rings. The monoisotopic (exact) mass is 283 g/mol. The van der Waals surface area contributed by atoms with Crippen molar-refractivity contribution in [2.75, 3.05) is 13.1 Å². The van der Waals surface area contributed by atoms with E-state index in [1.807, 2.05) is 12.2 Å². The van der Waals surface area contributed by atoms with Gasteiger partial charge in [-0.25, -0.2) is 0 Å². The number of aryl methyl sites for hydroxylation is 1. The van der Waals surface area contributed by atoms with Crippen molar-refractivity contribution in [3.63, 3.8) is 0 Å². The minimum atomic E-state index is -4.34. The molecule has 1 N–H and O–H groups in total. The molecule has 0 fully saturated rings. The van der Waals surface area contributed by atoms with Crippen molar-refractivity contribution in [3.8, 4) is 0 Å². The Morgan fingerprint density at radius 2 is 2.22 bits per heavy atom. The number of aromatic nitrogens is 2. The second kappa shape index (κ2) is 6.19. The lowest BCUT2D eigenvalue weighted by molar-refractivity contribution is -0.124. The molecule has 0 atom stereocenters. The molecule has 8 heteroatoms. The van der Waals surface area contributed by atoms with E-state index in [9.17, 15) is 18.0 Å². The number of halogens is 4. The standard InChI is InChI=1S/C10H13ClF3N3O/c1-2-3-17-9(7(11)4-16-17)8(18)5-15-6-10(12,13)14/h4,15H,2-3,5-6H2,1H3. The van der Waals surface area contributed by atoms with Crippen LogP contribution in [-0.4, -0.2) is 34.8 Å². The topological polar surface area (TPSA) is 46.9 Å². The highest BCUT2D eigenvalue weighted by Crippen LogP contribution is 2.16. The van der Waals surface area contributed by atoms with Crippen LogP contribution in [0, 0.1) is 0 Å². The fourth-order valence-electron chi connectivity index (χ4n) is 1.42. The number of hydrogen-bond donors (Lipinski definition) is 1. The molecular formula is C10H13ClF3N3O. The zero-order chi connectivity index (χ0) is 13.8. The van der Waals surface area contributed by atoms with E-state index < -0.39 is 25.0 Å². The van der Waals surface area contributed by atoms with Crippen molar-refractivity contribution in [2.24, 2.45) is 0 Å². The quantitative estimate of drug-likeness (QED) is 0.815. The van der Waals surface area contributed by atoms with Crippen LogP contribution in [0.3, 0.4) is 0 Å². The second-order valence-corrected chi connectivity index (χ2v) is 4.11. The van der Waals surface area contributed by atoms with Crippen molar-refractivity contribution in [3.05, 3.63) is 16.9 Å². The molecule has 0 aliphatic rings. The molecule has 0 amide bonds. The first-order chi connectivity index (χ1) is 8.35. The Morgan fingerprint density at radius 3 is 2.78 bits per heavy atom. The largest absolute Gasteiger partial charge is 0.401 e. The van der Waals surface area contributed by atoms with Crippen molar-refractivity contribution in [1.82, 2.24) is 15.1 Å². The lowest BCUT2D eigenvalue weighted by Gasteiger charge is -2.09. The van der Waals surface area contributed by atoms with Gasteiger partial charge in [0.25, 0.3) is 0 Å². The van der Waals surface area contributed by atoms with Gasteiger partial charge in [0.2, 0.25) is 0 Å². The molecule has 0 saturated carbocycles. The van der Waals surface area contributed by atoms with Gasteiger partial charge in [0, 0.05) is 6.54 Å². The number of Topliss-reactive ketones (excluding diaryl/α,β-unsaturated/α-hetero) is 1. The summed E-state index contributed by atoms with van der Waals surface area (Å²) in [5.41, 5.74) is 0.146. The number of rotatable bonds is 6. The number of nitrogens with zero attached hydrogens (tertiary/aromatic N) is 2. The van der Waals surface area contributed by atoms with E-state index in [1.165, 1.54) is 10.9 Å². The summed E-state index contributed by atoms with van der Waals surface area (Å²) in [6, 6.07) is 0. The Hall–Kier alpha value is -1.08. The third-order valence-corrected chi connectivity index (χ3v) is 2.38. The van der Waals surface area contributed by atoms with Crippen LogP contribution >= 0.6 is 11.6 Å². The van der Waals surface area contributed by atoms with E-state index in [0.29, 0.717) is 6.54 Å². The lowest BCUT2D eigenvalue weighted by Crippen LogP contribution is -2.33. The van der Waals surface area contributed by atoms with Gasteiger partial charge in [-0.1, -0.05) is 18.5 Å². The summed E-state index contributed by atoms with van der Waals surface area (Å²) in [5.74, 6) is -0.504. The van der Waals surface area contributed by atoms with E-state index in [2.05, 4.69) is 5.10 Å². The maximum Gasteiger partial charge on any atom is 0.401 e. The summed E-state index contributed by atoms with van der Waals surface area (Å²) < 4.78 is 37.1. The van der Waals surface area contributed by atoms with Crippen LogP contribution in [0.1, 0.15) is 23.8 Å². The molecule has 0 bridgehead atoms. The van der Waals surface area contributed by atoms with E-state index in [-0.39, 0.29) is 10.7 Å². The highest BCUT2D eigenvalue weighted by molar-refractivity contribution is 6.33. The highest BCUT2D eigenvalue weighted by atomic mass is 35.5. The van der Waals surface area contributed by atoms with Gasteiger partial charge in [-0.05, 0) is 6.42 Å². The summed E-state index contributed by atoms with van der Waals surface area (Å²) in [4.78, 5) is 11.7. The zero-order valence-electron chi connectivity index (χ0n) is 9.72. The molecule has 0 spiro atoms. The van der Waals surface area contributed by atoms with Gasteiger partial charge in [0.05, 0.1) is 24.3 Å². The third-order valence-electron chi connectivity index (χ3n) is 2.11. The molecule has 0 aliphatic carbocycles. The Balaban J connectivity index is 2.63. The number of hydrogen-bond acceptors (Lipinski definition) is 3. The van der Waals surface area contributed by atoms with Gasteiger partial charge >= 0.3 is 6.18 Å². The summed E-state index contributed by atoms with van der Waals surface area (Å²) in [6.45, 7) is 0.756. The van der Waals surface area contributed by atoms with E-state index >= 15 is 0 Å². The smallest absolute Gasteiger partial charge is 0.301 e. The van der Waals surface area contributed by atoms with Crippen LogP contribution < -0.4 is 5.32 Å². The molecule has 0 aliphatic heterocycles. The van der Waals surface area contributed by atoms with Gasteiger partial charge in [-0.3, -0.25) is 9.48 Å². The molecule has 1 heterocycles. The summed E-state index contributed by atoms with van der Waals surface area (Å²) in [6.07, 6.45) is -2.28. The van der Waals surface area contributed by atoms with E-state index in [4.69, 9.17) is 11.6 Å². The first-order valence-electron chi connectivity index (χ1n) is 5.37. The third kappa shape index (κ3) is 4.30. The summed E-state index contributed by atoms with van der Waals surface area (Å²) in [5, 5.41) is 6.09. The first-order valence-corrected chi connectivity index (χ1v) is 5.75. The SMILES string of the molecule is CCCn1ncc(Cl)c1C(=O)CNCC(F)(F)F. The predicted octanol–water partition coefficient (Wildman–Crippen LogP) is 2.28. The zero-order valence-corrected chi connectivity index (χ0v) is 10.5. The van der Waals surface area contributed by atoms with Crippen LogP contribution in [-0.2, 0) is 6.54 Å². The van der Waals surface area contributed by atoms with Gasteiger partial charge in [0.1, 0.15) is 5.69 Å².